The van der Waals surface area contributed by atoms with E-state index in [-0.39, 0.29) is 17.4 Å². The highest BCUT2D eigenvalue weighted by Crippen LogP contribution is 2.29. The van der Waals surface area contributed by atoms with Crippen molar-refractivity contribution >= 4 is 22.6 Å². The van der Waals surface area contributed by atoms with Gasteiger partial charge in [-0.25, -0.2) is 0 Å². The first kappa shape index (κ1) is 22.9. The van der Waals surface area contributed by atoms with Crippen LogP contribution in [0.3, 0.4) is 0 Å². The number of hydrogen-bond acceptors (Lipinski definition) is 6. The highest BCUT2D eigenvalue weighted by molar-refractivity contribution is 6.25. The predicted molar refractivity (Wildman–Crippen MR) is 124 cm³/mol. The molecule has 2 amide bonds. The average molecular weight is 440 g/mol. The second kappa shape index (κ2) is 9.27. The fourth-order valence-electron chi connectivity index (χ4n) is 4.42. The lowest BCUT2D eigenvalue weighted by Crippen LogP contribution is -2.51. The summed E-state index contributed by atoms with van der Waals surface area (Å²) in [5.74, 6) is -0.417. The molecule has 4 rings (SSSR count). The van der Waals surface area contributed by atoms with Gasteiger partial charge in [0.05, 0.1) is 18.3 Å². The van der Waals surface area contributed by atoms with Crippen LogP contribution in [0.25, 0.3) is 10.8 Å². The number of hydrogen-bond donors (Lipinski definition) is 1. The molecule has 1 N–H and O–H groups in total. The van der Waals surface area contributed by atoms with Crippen LogP contribution in [0.2, 0.25) is 0 Å². The molecule has 1 saturated heterocycles. The summed E-state index contributed by atoms with van der Waals surface area (Å²) < 4.78 is 5.67. The molecular weight excluding hydrogens is 406 g/mol. The zero-order chi connectivity index (χ0) is 22.9. The van der Waals surface area contributed by atoms with Crippen LogP contribution in [-0.2, 0) is 4.74 Å². The molecule has 0 aliphatic carbocycles. The molecule has 7 nitrogen and oxygen atoms in total. The predicted octanol–water partition coefficient (Wildman–Crippen LogP) is 2.23. The molecule has 7 heteroatoms. The number of benzene rings is 2. The van der Waals surface area contributed by atoms with E-state index < -0.39 is 6.10 Å². The van der Waals surface area contributed by atoms with Crippen LogP contribution in [0.5, 0.6) is 0 Å². The molecule has 0 radical (unpaired) electrons. The van der Waals surface area contributed by atoms with Crippen molar-refractivity contribution in [3.8, 4) is 0 Å². The van der Waals surface area contributed by atoms with Crippen LogP contribution in [-0.4, -0.2) is 95.7 Å². The third-order valence-corrected chi connectivity index (χ3v) is 6.14. The first-order chi connectivity index (χ1) is 15.2. The van der Waals surface area contributed by atoms with Gasteiger partial charge in [-0.05, 0) is 38.3 Å². The van der Waals surface area contributed by atoms with Gasteiger partial charge in [-0.3, -0.25) is 24.3 Å². The number of β-amino-alcohol motifs (C(OH)–C–C–N with tert-alkyl or cyclic N) is 1. The first-order valence-electron chi connectivity index (χ1n) is 11.4. The Hall–Kier alpha value is -2.32. The average Bonchev–Trinajstić information content (AvgIpc) is 2.76. The molecule has 2 aromatic carbocycles. The van der Waals surface area contributed by atoms with Crippen LogP contribution in [0.15, 0.2) is 36.4 Å². The Morgan fingerprint density at radius 1 is 0.906 bits per heavy atom. The summed E-state index contributed by atoms with van der Waals surface area (Å²) in [6.45, 7) is 11.3. The third-order valence-electron chi connectivity index (χ3n) is 6.14. The molecule has 0 bridgehead atoms. The Morgan fingerprint density at radius 3 is 2.03 bits per heavy atom. The smallest absolute Gasteiger partial charge is 0.261 e. The Balaban J connectivity index is 1.29. The molecule has 0 unspecified atom stereocenters. The normalized spacial score (nSPS) is 19.1. The van der Waals surface area contributed by atoms with Crippen LogP contribution in [0.4, 0.5) is 0 Å². The van der Waals surface area contributed by atoms with E-state index in [2.05, 4.69) is 9.80 Å². The molecule has 2 aliphatic heterocycles. The van der Waals surface area contributed by atoms with Gasteiger partial charge in [0.2, 0.25) is 0 Å². The zero-order valence-corrected chi connectivity index (χ0v) is 19.2. The Bertz CT molecular complexity index is 942. The maximum atomic E-state index is 13.0. The van der Waals surface area contributed by atoms with E-state index in [1.807, 2.05) is 45.0 Å². The molecule has 2 heterocycles. The van der Waals surface area contributed by atoms with Crippen molar-refractivity contribution in [1.82, 2.24) is 14.7 Å². The van der Waals surface area contributed by atoms with Crippen molar-refractivity contribution in [3.63, 3.8) is 0 Å². The van der Waals surface area contributed by atoms with E-state index in [0.717, 1.165) is 37.0 Å². The molecule has 2 aliphatic rings. The van der Waals surface area contributed by atoms with Crippen molar-refractivity contribution in [2.24, 2.45) is 0 Å². The van der Waals surface area contributed by atoms with Gasteiger partial charge >= 0.3 is 0 Å². The Labute approximate surface area is 189 Å². The number of carbonyl (C=O) groups excluding carboxylic acids is 2. The monoisotopic (exact) mass is 439 g/mol. The van der Waals surface area contributed by atoms with Crippen LogP contribution >= 0.6 is 0 Å². The van der Waals surface area contributed by atoms with Crippen LogP contribution in [0.1, 0.15) is 41.5 Å². The summed E-state index contributed by atoms with van der Waals surface area (Å²) >= 11 is 0. The van der Waals surface area contributed by atoms with Crippen molar-refractivity contribution in [1.29, 1.82) is 0 Å². The Kier molecular flexibility index (Phi) is 6.62. The summed E-state index contributed by atoms with van der Waals surface area (Å²) in [5, 5.41) is 11.9. The number of rotatable bonds is 7. The van der Waals surface area contributed by atoms with Gasteiger partial charge in [0.15, 0.2) is 0 Å². The fraction of sp³-hybridized carbons (Fsp3) is 0.520. The molecule has 2 aromatic rings. The quantitative estimate of drug-likeness (QED) is 0.667. The maximum absolute atomic E-state index is 13.0. The number of amides is 2. The zero-order valence-electron chi connectivity index (χ0n) is 19.2. The van der Waals surface area contributed by atoms with Gasteiger partial charge in [-0.2, -0.15) is 0 Å². The van der Waals surface area contributed by atoms with Gasteiger partial charge in [-0.1, -0.05) is 24.3 Å². The molecule has 0 saturated carbocycles. The fourth-order valence-corrected chi connectivity index (χ4v) is 4.42. The molecule has 1 atom stereocenters. The number of carbonyl (C=O) groups is 2. The second-order valence-electron chi connectivity index (χ2n) is 9.69. The number of ether oxygens (including phenoxy) is 1. The number of piperazine rings is 1. The van der Waals surface area contributed by atoms with E-state index in [4.69, 9.17) is 4.74 Å². The summed E-state index contributed by atoms with van der Waals surface area (Å²) in [6.07, 6.45) is -0.507. The molecule has 0 spiro atoms. The minimum absolute atomic E-state index is 0.208. The minimum Gasteiger partial charge on any atom is -0.389 e. The van der Waals surface area contributed by atoms with Gasteiger partial charge in [-0.15, -0.1) is 0 Å². The van der Waals surface area contributed by atoms with Crippen LogP contribution in [0, 0.1) is 0 Å². The lowest BCUT2D eigenvalue weighted by atomic mass is 9.94. The summed E-state index contributed by atoms with van der Waals surface area (Å²) in [6, 6.07) is 11.2. The second-order valence-corrected chi connectivity index (χ2v) is 9.69. The maximum Gasteiger partial charge on any atom is 0.261 e. The number of nitrogens with zero attached hydrogens (tertiary/aromatic N) is 3. The highest BCUT2D eigenvalue weighted by Gasteiger charge is 2.33. The van der Waals surface area contributed by atoms with Gasteiger partial charge < -0.3 is 9.84 Å². The first-order valence-corrected chi connectivity index (χ1v) is 11.4. The summed E-state index contributed by atoms with van der Waals surface area (Å²) in [4.78, 5) is 32.0. The molecule has 0 aromatic heterocycles. The van der Waals surface area contributed by atoms with Crippen molar-refractivity contribution in [3.05, 3.63) is 47.5 Å². The number of aliphatic hydroxyl groups excluding tert-OH is 1. The van der Waals surface area contributed by atoms with Crippen molar-refractivity contribution in [2.75, 3.05) is 52.4 Å². The topological polar surface area (TPSA) is 73.3 Å². The van der Waals surface area contributed by atoms with Gasteiger partial charge in [0.25, 0.3) is 11.8 Å². The molecular formula is C25H33N3O4. The lowest BCUT2D eigenvalue weighted by molar-refractivity contribution is -0.0586. The minimum atomic E-state index is -0.507. The molecule has 1 fully saturated rings. The van der Waals surface area contributed by atoms with E-state index >= 15 is 0 Å². The van der Waals surface area contributed by atoms with E-state index in [0.29, 0.717) is 37.4 Å². The standard InChI is InChI=1S/C25H33N3O4/c1-25(2,3)32-17-19(29)16-27-12-10-26(11-13-27)14-15-28-23(30)20-8-4-6-18-7-5-9-21(22(18)20)24(28)31/h4-9,19,29H,10-17H2,1-3H3/t19-/m0/s1. The lowest BCUT2D eigenvalue weighted by Gasteiger charge is -2.37. The van der Waals surface area contributed by atoms with Gasteiger partial charge in [0, 0.05) is 62.3 Å². The summed E-state index contributed by atoms with van der Waals surface area (Å²) in [5.41, 5.74) is 0.956. The molecule has 32 heavy (non-hydrogen) atoms. The Morgan fingerprint density at radius 2 is 1.47 bits per heavy atom. The third kappa shape index (κ3) is 5.02. The van der Waals surface area contributed by atoms with Crippen molar-refractivity contribution < 1.29 is 19.4 Å². The number of aliphatic hydroxyl groups is 1. The van der Waals surface area contributed by atoms with Crippen LogP contribution < -0.4 is 0 Å². The largest absolute Gasteiger partial charge is 0.389 e. The van der Waals surface area contributed by atoms with E-state index in [9.17, 15) is 14.7 Å². The summed E-state index contributed by atoms with van der Waals surface area (Å²) in [7, 11) is 0. The van der Waals surface area contributed by atoms with E-state index in [1.54, 1.807) is 12.1 Å². The van der Waals surface area contributed by atoms with Gasteiger partial charge in [0.1, 0.15) is 0 Å². The SMILES string of the molecule is CC(C)(C)OC[C@@H](O)CN1CCN(CCN2C(=O)c3cccc4cccc(c34)C2=O)CC1. The number of imide groups is 1. The highest BCUT2D eigenvalue weighted by atomic mass is 16.5. The molecule has 172 valence electrons. The van der Waals surface area contributed by atoms with E-state index in [1.165, 1.54) is 4.90 Å². The van der Waals surface area contributed by atoms with Crippen molar-refractivity contribution in [2.45, 2.75) is 32.5 Å².